The fraction of sp³-hybridized carbons (Fsp3) is 0.900. The van der Waals surface area contributed by atoms with Crippen molar-refractivity contribution in [3.63, 3.8) is 0 Å². The van der Waals surface area contributed by atoms with Gasteiger partial charge in [0.15, 0.2) is 0 Å². The van der Waals surface area contributed by atoms with Gasteiger partial charge in [-0.25, -0.2) is 4.79 Å². The van der Waals surface area contributed by atoms with E-state index in [2.05, 4.69) is 0 Å². The highest BCUT2D eigenvalue weighted by Crippen LogP contribution is 2.06. The number of hydrogen-bond donors (Lipinski definition) is 0. The molecule has 0 aliphatic carbocycles. The van der Waals surface area contributed by atoms with Crippen molar-refractivity contribution in [2.45, 2.75) is 33.3 Å². The maximum Gasteiger partial charge on any atom is 0.332 e. The van der Waals surface area contributed by atoms with Crippen LogP contribution >= 0.6 is 0 Å². The van der Waals surface area contributed by atoms with Crippen LogP contribution < -0.4 is 0 Å². The number of esters is 1. The summed E-state index contributed by atoms with van der Waals surface area (Å²) in [6.45, 7) is 8.97. The van der Waals surface area contributed by atoms with Gasteiger partial charge in [-0.05, 0) is 27.7 Å². The smallest absolute Gasteiger partial charge is 0.332 e. The maximum atomic E-state index is 11.1. The Balaban J connectivity index is 3.36. The molecule has 0 aromatic heterocycles. The highest BCUT2D eigenvalue weighted by atomic mass is 16.6. The molecule has 0 bridgehead atoms. The Morgan fingerprint density at radius 1 is 1.14 bits per heavy atom. The summed E-state index contributed by atoms with van der Waals surface area (Å²) in [5.41, 5.74) is -0.444. The highest BCUT2D eigenvalue weighted by molar-refractivity contribution is 5.71. The van der Waals surface area contributed by atoms with Gasteiger partial charge in [0.25, 0.3) is 0 Å². The Morgan fingerprint density at radius 3 is 2.21 bits per heavy atom. The number of carbonyl (C=O) groups is 1. The molecule has 0 heterocycles. The number of hydrogen-bond acceptors (Lipinski definition) is 4. The first-order chi connectivity index (χ1) is 6.45. The van der Waals surface area contributed by atoms with Gasteiger partial charge in [0.05, 0.1) is 13.2 Å². The predicted octanol–water partition coefficient (Wildman–Crippen LogP) is 1.38. The topological polar surface area (TPSA) is 44.8 Å². The zero-order chi connectivity index (χ0) is 11.0. The van der Waals surface area contributed by atoms with Gasteiger partial charge in [-0.2, -0.15) is 0 Å². The molecule has 4 heteroatoms. The lowest BCUT2D eigenvalue weighted by Gasteiger charge is -2.19. The van der Waals surface area contributed by atoms with E-state index in [1.165, 1.54) is 0 Å². The molecule has 14 heavy (non-hydrogen) atoms. The second-order valence-corrected chi connectivity index (χ2v) is 3.84. The highest BCUT2D eigenvalue weighted by Gasteiger charge is 2.15. The molecule has 0 unspecified atom stereocenters. The van der Waals surface area contributed by atoms with Crippen LogP contribution in [0, 0.1) is 0 Å². The van der Waals surface area contributed by atoms with E-state index in [1.807, 2.05) is 27.7 Å². The van der Waals surface area contributed by atoms with E-state index < -0.39 is 5.60 Å². The van der Waals surface area contributed by atoms with Crippen molar-refractivity contribution >= 4 is 5.97 Å². The van der Waals surface area contributed by atoms with Gasteiger partial charge in [-0.3, -0.25) is 0 Å². The predicted molar refractivity (Wildman–Crippen MR) is 53.2 cm³/mol. The Morgan fingerprint density at radius 2 is 1.71 bits per heavy atom. The number of rotatable bonds is 6. The Labute approximate surface area is 85.5 Å². The first kappa shape index (κ1) is 13.4. The minimum absolute atomic E-state index is 0.00958. The largest absolute Gasteiger partial charge is 0.458 e. The number of ether oxygens (including phenoxy) is 3. The van der Waals surface area contributed by atoms with Gasteiger partial charge in [0.1, 0.15) is 12.2 Å². The summed E-state index contributed by atoms with van der Waals surface area (Å²) in [6, 6.07) is 0. The van der Waals surface area contributed by atoms with E-state index in [0.717, 1.165) is 0 Å². The van der Waals surface area contributed by atoms with Crippen LogP contribution in [-0.2, 0) is 19.0 Å². The molecule has 0 aromatic carbocycles. The fourth-order valence-electron chi connectivity index (χ4n) is 0.789. The maximum absolute atomic E-state index is 11.1. The minimum Gasteiger partial charge on any atom is -0.458 e. The average molecular weight is 204 g/mol. The summed E-state index contributed by atoms with van der Waals surface area (Å²) < 4.78 is 15.1. The van der Waals surface area contributed by atoms with Crippen LogP contribution in [-0.4, -0.2) is 38.0 Å². The van der Waals surface area contributed by atoms with Gasteiger partial charge in [0.2, 0.25) is 0 Å². The Kier molecular flexibility index (Phi) is 6.49. The van der Waals surface area contributed by atoms with Crippen LogP contribution in [0.15, 0.2) is 0 Å². The van der Waals surface area contributed by atoms with E-state index >= 15 is 0 Å². The normalized spacial score (nSPS) is 11.4. The molecule has 84 valence electrons. The molecule has 4 nitrogen and oxygen atoms in total. The second-order valence-electron chi connectivity index (χ2n) is 3.84. The molecule has 0 N–H and O–H groups in total. The lowest BCUT2D eigenvalue weighted by molar-refractivity contribution is -0.160. The minimum atomic E-state index is -0.444. The van der Waals surface area contributed by atoms with Crippen LogP contribution in [0.2, 0.25) is 0 Å². The lowest BCUT2D eigenvalue weighted by atomic mass is 10.2. The summed E-state index contributed by atoms with van der Waals surface area (Å²) in [6.07, 6.45) is 0. The van der Waals surface area contributed by atoms with Crippen molar-refractivity contribution in [2.75, 3.05) is 26.4 Å². The summed E-state index contributed by atoms with van der Waals surface area (Å²) in [5, 5.41) is 0. The zero-order valence-electron chi connectivity index (χ0n) is 9.46. The molecule has 0 fully saturated rings. The molecule has 0 rings (SSSR count). The van der Waals surface area contributed by atoms with E-state index in [-0.39, 0.29) is 12.6 Å². The van der Waals surface area contributed by atoms with Gasteiger partial charge in [0, 0.05) is 6.61 Å². The molecule has 0 aromatic rings. The van der Waals surface area contributed by atoms with Crippen LogP contribution in [0.25, 0.3) is 0 Å². The molecule has 0 aliphatic rings. The Hall–Kier alpha value is -0.610. The monoisotopic (exact) mass is 204 g/mol. The Bertz CT molecular complexity index is 160. The van der Waals surface area contributed by atoms with Gasteiger partial charge in [-0.15, -0.1) is 0 Å². The molecular weight excluding hydrogens is 184 g/mol. The standard InChI is InChI=1S/C10H20O4/c1-5-12-6-7-13-8-9(11)14-10(2,3)4/h5-8H2,1-4H3. The summed E-state index contributed by atoms with van der Waals surface area (Å²) in [4.78, 5) is 11.1. The van der Waals surface area contributed by atoms with Gasteiger partial charge >= 0.3 is 5.97 Å². The van der Waals surface area contributed by atoms with Gasteiger partial charge in [-0.1, -0.05) is 0 Å². The summed E-state index contributed by atoms with van der Waals surface area (Å²) in [5.74, 6) is -0.339. The molecule has 0 saturated carbocycles. The first-order valence-corrected chi connectivity index (χ1v) is 4.83. The third-order valence-electron chi connectivity index (χ3n) is 1.22. The van der Waals surface area contributed by atoms with Crippen LogP contribution in [0.4, 0.5) is 0 Å². The molecule has 0 radical (unpaired) electrons. The quantitative estimate of drug-likeness (QED) is 0.484. The molecule has 0 amide bonds. The lowest BCUT2D eigenvalue weighted by Crippen LogP contribution is -2.26. The van der Waals surface area contributed by atoms with Crippen molar-refractivity contribution in [2.24, 2.45) is 0 Å². The second kappa shape index (κ2) is 6.79. The van der Waals surface area contributed by atoms with E-state index in [1.54, 1.807) is 0 Å². The van der Waals surface area contributed by atoms with Crippen molar-refractivity contribution in [1.82, 2.24) is 0 Å². The molecular formula is C10H20O4. The van der Waals surface area contributed by atoms with Crippen LogP contribution in [0.5, 0.6) is 0 Å². The third-order valence-corrected chi connectivity index (χ3v) is 1.22. The van der Waals surface area contributed by atoms with Gasteiger partial charge < -0.3 is 14.2 Å². The van der Waals surface area contributed by atoms with Crippen LogP contribution in [0.1, 0.15) is 27.7 Å². The molecule has 0 spiro atoms. The van der Waals surface area contributed by atoms with Crippen molar-refractivity contribution in [3.8, 4) is 0 Å². The SMILES string of the molecule is CCOCCOCC(=O)OC(C)(C)C. The first-order valence-electron chi connectivity index (χ1n) is 4.83. The van der Waals surface area contributed by atoms with E-state index in [4.69, 9.17) is 14.2 Å². The molecule has 0 atom stereocenters. The molecule has 0 aliphatic heterocycles. The van der Waals surface area contributed by atoms with Crippen molar-refractivity contribution in [3.05, 3.63) is 0 Å². The van der Waals surface area contributed by atoms with E-state index in [0.29, 0.717) is 19.8 Å². The molecule has 0 saturated heterocycles. The third kappa shape index (κ3) is 9.48. The summed E-state index contributed by atoms with van der Waals surface area (Å²) >= 11 is 0. The van der Waals surface area contributed by atoms with Crippen LogP contribution in [0.3, 0.4) is 0 Å². The zero-order valence-corrected chi connectivity index (χ0v) is 9.46. The summed E-state index contributed by atoms with van der Waals surface area (Å²) in [7, 11) is 0. The number of carbonyl (C=O) groups excluding carboxylic acids is 1. The van der Waals surface area contributed by atoms with E-state index in [9.17, 15) is 4.79 Å². The average Bonchev–Trinajstić information content (AvgIpc) is 2.00. The van der Waals surface area contributed by atoms with Crippen molar-refractivity contribution < 1.29 is 19.0 Å². The fourth-order valence-corrected chi connectivity index (χ4v) is 0.789. The van der Waals surface area contributed by atoms with Crippen molar-refractivity contribution in [1.29, 1.82) is 0 Å².